The number of ether oxygens (including phenoxy) is 2. The lowest BCUT2D eigenvalue weighted by Crippen LogP contribution is -2.42. The molecule has 242 valence electrons. The second-order valence-electron chi connectivity index (χ2n) is 10.5. The van der Waals surface area contributed by atoms with E-state index in [-0.39, 0.29) is 34.0 Å². The van der Waals surface area contributed by atoms with Gasteiger partial charge in [0.2, 0.25) is 0 Å². The van der Waals surface area contributed by atoms with Gasteiger partial charge in [-0.3, -0.25) is 18.2 Å². The number of hydrogen-bond acceptors (Lipinski definition) is 16. The smallest absolute Gasteiger partial charge is 0.325 e. The molecule has 6 N–H and O–H groups in total. The minimum Gasteiger partial charge on any atom is -0.382 e. The molecule has 3 aliphatic rings. The molecule has 24 heteroatoms. The highest BCUT2D eigenvalue weighted by atomic mass is 32.5. The van der Waals surface area contributed by atoms with Crippen LogP contribution in [0.15, 0.2) is 25.3 Å². The molecule has 3 saturated heterocycles. The summed E-state index contributed by atoms with van der Waals surface area (Å²) in [6, 6.07) is 0. The standard InChI is InChI=1S/C21H24F2N10O8P2S2/c1-21(23)14-9(39-20(21)33-7-31-12-16(25)27-5-29-18(12)33)3-37-42(34,44)40-13-10(22)8(2-36-43(35,45)41-14)38-19(13)32-6-30-11-15(24)26-4-28-17(11)32/h4-10,13-14,19-20H,2-3H2,1H3,(H,34,44)(H,35,45)(H2,24,26,28)(H2,25,27,29)/t8-,9-,10-,13-,14-,19-,20-,21-,42?,43?/m1/s1. The Morgan fingerprint density at radius 3 is 2.07 bits per heavy atom. The summed E-state index contributed by atoms with van der Waals surface area (Å²) in [4.78, 5) is 46.4. The van der Waals surface area contributed by atoms with Crippen molar-refractivity contribution in [1.29, 1.82) is 0 Å². The van der Waals surface area contributed by atoms with Gasteiger partial charge in [0.1, 0.15) is 48.1 Å². The summed E-state index contributed by atoms with van der Waals surface area (Å²) >= 11 is 10.4. The van der Waals surface area contributed by atoms with Gasteiger partial charge < -0.3 is 39.8 Å². The van der Waals surface area contributed by atoms with Crippen LogP contribution in [0.25, 0.3) is 22.3 Å². The van der Waals surface area contributed by atoms with E-state index in [1.807, 2.05) is 0 Å². The second-order valence-corrected chi connectivity index (χ2v) is 16.1. The van der Waals surface area contributed by atoms with Crippen molar-refractivity contribution in [3.8, 4) is 0 Å². The SMILES string of the molecule is C[C@@]1(F)[C@@H]2OP(O)(=S)OC[C@H]3O[C@@H](n4cnc5c(N)ncnc54)[C@H](OP(O)(=S)OC[C@H]2O[C@H]1n1cnc2c(N)ncnc21)[C@@H]3F. The minimum absolute atomic E-state index is 0.0535. The van der Waals surface area contributed by atoms with E-state index < -0.39 is 75.4 Å². The number of nitrogens with zero attached hydrogens (tertiary/aromatic N) is 8. The Hall–Kier alpha value is -2.46. The summed E-state index contributed by atoms with van der Waals surface area (Å²) in [7, 11) is 0. The third-order valence-corrected chi connectivity index (χ3v) is 10.7. The van der Waals surface area contributed by atoms with Gasteiger partial charge in [0.25, 0.3) is 0 Å². The van der Waals surface area contributed by atoms with Crippen LogP contribution in [-0.2, 0) is 51.2 Å². The van der Waals surface area contributed by atoms with Gasteiger partial charge in [-0.2, -0.15) is 0 Å². The van der Waals surface area contributed by atoms with Crippen LogP contribution in [0.1, 0.15) is 19.4 Å². The van der Waals surface area contributed by atoms with Crippen LogP contribution < -0.4 is 11.5 Å². The molecule has 10 atom stereocenters. The number of imidazole rings is 2. The van der Waals surface area contributed by atoms with Crippen molar-refractivity contribution in [2.45, 2.75) is 55.6 Å². The van der Waals surface area contributed by atoms with Crippen LogP contribution in [0, 0.1) is 0 Å². The Morgan fingerprint density at radius 2 is 1.42 bits per heavy atom. The number of aromatic nitrogens is 8. The summed E-state index contributed by atoms with van der Waals surface area (Å²) in [5.41, 5.74) is 10.0. The Labute approximate surface area is 261 Å². The number of alkyl halides is 2. The maximum atomic E-state index is 16.7. The molecule has 2 unspecified atom stereocenters. The lowest BCUT2D eigenvalue weighted by Gasteiger charge is -2.31. The molecule has 7 heterocycles. The van der Waals surface area contributed by atoms with E-state index >= 15 is 8.78 Å². The van der Waals surface area contributed by atoms with Crippen molar-refractivity contribution < 1.29 is 46.1 Å². The predicted octanol–water partition coefficient (Wildman–Crippen LogP) is 0.942. The molecule has 0 aromatic carbocycles. The van der Waals surface area contributed by atoms with Crippen LogP contribution in [0.4, 0.5) is 20.4 Å². The van der Waals surface area contributed by atoms with E-state index in [4.69, 9.17) is 62.6 Å². The van der Waals surface area contributed by atoms with E-state index in [0.29, 0.717) is 0 Å². The van der Waals surface area contributed by atoms with Crippen LogP contribution in [-0.4, -0.2) is 98.3 Å². The first-order valence-corrected chi connectivity index (χ1v) is 18.3. The van der Waals surface area contributed by atoms with Gasteiger partial charge in [0, 0.05) is 0 Å². The van der Waals surface area contributed by atoms with Crippen LogP contribution in [0.3, 0.4) is 0 Å². The largest absolute Gasteiger partial charge is 0.382 e. The highest BCUT2D eigenvalue weighted by molar-refractivity contribution is 8.07. The minimum atomic E-state index is -4.31. The molecule has 0 amide bonds. The van der Waals surface area contributed by atoms with E-state index in [9.17, 15) is 9.79 Å². The Balaban J connectivity index is 1.22. The maximum Gasteiger partial charge on any atom is 0.325 e. The fraction of sp³-hybridized carbons (Fsp3) is 0.524. The van der Waals surface area contributed by atoms with Gasteiger partial charge in [-0.05, 0) is 30.5 Å². The van der Waals surface area contributed by atoms with E-state index in [0.717, 1.165) is 6.92 Å². The summed E-state index contributed by atoms with van der Waals surface area (Å²) in [5, 5.41) is 0. The predicted molar refractivity (Wildman–Crippen MR) is 156 cm³/mol. The molecule has 0 spiro atoms. The Bertz CT molecular complexity index is 1890. The molecule has 3 fully saturated rings. The molecule has 2 bridgehead atoms. The quantitative estimate of drug-likeness (QED) is 0.212. The fourth-order valence-electron chi connectivity index (χ4n) is 5.47. The molecule has 18 nitrogen and oxygen atoms in total. The van der Waals surface area contributed by atoms with Crippen LogP contribution in [0.5, 0.6) is 0 Å². The van der Waals surface area contributed by atoms with Crippen LogP contribution >= 0.6 is 13.4 Å². The normalized spacial score (nSPS) is 39.4. The molecular formula is C21H24F2N10O8P2S2. The molecule has 4 aromatic rings. The lowest BCUT2D eigenvalue weighted by molar-refractivity contribution is -0.0616. The Kier molecular flexibility index (Phi) is 7.66. The third-order valence-electron chi connectivity index (χ3n) is 7.55. The van der Waals surface area contributed by atoms with Gasteiger partial charge in [-0.15, -0.1) is 0 Å². The van der Waals surface area contributed by atoms with Gasteiger partial charge >= 0.3 is 13.4 Å². The average Bonchev–Trinajstić information content (AvgIpc) is 3.72. The maximum absolute atomic E-state index is 16.7. The number of nitrogen functional groups attached to an aromatic ring is 2. The van der Waals surface area contributed by atoms with Crippen molar-refractivity contribution in [2.75, 3.05) is 24.7 Å². The van der Waals surface area contributed by atoms with Gasteiger partial charge in [0.15, 0.2) is 47.2 Å². The molecule has 0 radical (unpaired) electrons. The topological polar surface area (TPSA) is 235 Å². The van der Waals surface area contributed by atoms with Crippen LogP contribution in [0.2, 0.25) is 0 Å². The second kappa shape index (κ2) is 11.1. The zero-order chi connectivity index (χ0) is 31.9. The summed E-state index contributed by atoms with van der Waals surface area (Å²) < 4.78 is 69.3. The molecule has 4 aromatic heterocycles. The van der Waals surface area contributed by atoms with Crippen molar-refractivity contribution in [3.63, 3.8) is 0 Å². The lowest BCUT2D eigenvalue weighted by atomic mass is 9.98. The van der Waals surface area contributed by atoms with Crippen molar-refractivity contribution in [1.82, 2.24) is 39.0 Å². The monoisotopic (exact) mass is 708 g/mol. The number of hydrogen-bond donors (Lipinski definition) is 4. The first-order chi connectivity index (χ1) is 21.3. The summed E-state index contributed by atoms with van der Waals surface area (Å²) in [6.45, 7) is -8.77. The Morgan fingerprint density at radius 1 is 0.867 bits per heavy atom. The number of rotatable bonds is 2. The van der Waals surface area contributed by atoms with Crippen molar-refractivity contribution in [3.05, 3.63) is 25.3 Å². The molecule has 7 rings (SSSR count). The number of fused-ring (bicyclic) bond motifs is 5. The zero-order valence-electron chi connectivity index (χ0n) is 22.8. The van der Waals surface area contributed by atoms with E-state index in [1.165, 1.54) is 34.4 Å². The highest BCUT2D eigenvalue weighted by Gasteiger charge is 2.59. The average molecular weight is 709 g/mol. The van der Waals surface area contributed by atoms with Gasteiger partial charge in [-0.25, -0.2) is 38.7 Å². The molecule has 45 heavy (non-hydrogen) atoms. The third kappa shape index (κ3) is 5.41. The molecular weight excluding hydrogens is 684 g/mol. The van der Waals surface area contributed by atoms with E-state index in [1.54, 1.807) is 0 Å². The number of nitrogens with two attached hydrogens (primary N) is 2. The number of anilines is 2. The molecule has 0 aliphatic carbocycles. The fourth-order valence-corrected chi connectivity index (χ4v) is 8.36. The molecule has 3 aliphatic heterocycles. The summed E-state index contributed by atoms with van der Waals surface area (Å²) in [6.07, 6.45) is -5.97. The first kappa shape index (κ1) is 31.2. The first-order valence-electron chi connectivity index (χ1n) is 13.1. The summed E-state index contributed by atoms with van der Waals surface area (Å²) in [5.74, 6) is 0.114. The number of halogens is 2. The van der Waals surface area contributed by atoms with Crippen molar-refractivity contribution >= 4 is 71.0 Å². The highest BCUT2D eigenvalue weighted by Crippen LogP contribution is 2.56. The van der Waals surface area contributed by atoms with E-state index in [2.05, 4.69) is 29.9 Å². The van der Waals surface area contributed by atoms with Gasteiger partial charge in [0.05, 0.1) is 25.9 Å². The van der Waals surface area contributed by atoms with Gasteiger partial charge in [-0.1, -0.05) is 0 Å². The van der Waals surface area contributed by atoms with Crippen molar-refractivity contribution in [2.24, 2.45) is 0 Å². The molecule has 0 saturated carbocycles. The zero-order valence-corrected chi connectivity index (χ0v) is 26.2.